The Hall–Kier alpha value is -2.93. The van der Waals surface area contributed by atoms with Crippen LogP contribution in [0.15, 0.2) is 48.7 Å². The number of fused-ring (bicyclic) bond motifs is 1. The molecule has 0 aliphatic carbocycles. The van der Waals surface area contributed by atoms with Gasteiger partial charge in [-0.05, 0) is 43.4 Å². The van der Waals surface area contributed by atoms with Gasteiger partial charge in [0.1, 0.15) is 6.54 Å². The fourth-order valence-corrected chi connectivity index (χ4v) is 4.80. The second-order valence-corrected chi connectivity index (χ2v) is 9.07. The average molecular weight is 437 g/mol. The Morgan fingerprint density at radius 2 is 1.88 bits per heavy atom. The van der Waals surface area contributed by atoms with Crippen LogP contribution in [0.25, 0.3) is 0 Å². The van der Waals surface area contributed by atoms with E-state index in [0.29, 0.717) is 18.1 Å². The lowest BCUT2D eigenvalue weighted by Crippen LogP contribution is -2.47. The first-order valence-corrected chi connectivity index (χ1v) is 11.5. The number of piperidine rings is 1. The number of hydrogen-bond donors (Lipinski definition) is 1. The number of nitrogens with zero attached hydrogens (tertiary/aromatic N) is 3. The molecule has 0 radical (unpaired) electrons. The minimum atomic E-state index is -0.788. The number of ether oxygens (including phenoxy) is 1. The molecular formula is C25H32N4O3. The molecule has 1 N–H and O–H groups in total. The van der Waals surface area contributed by atoms with Crippen molar-refractivity contribution in [3.63, 3.8) is 0 Å². The maximum absolute atomic E-state index is 13.2. The van der Waals surface area contributed by atoms with Crippen molar-refractivity contribution in [1.29, 1.82) is 0 Å². The van der Waals surface area contributed by atoms with Gasteiger partial charge in [-0.15, -0.1) is 0 Å². The number of benzene rings is 1. The van der Waals surface area contributed by atoms with Gasteiger partial charge in [0.2, 0.25) is 12.0 Å². The zero-order valence-electron chi connectivity index (χ0n) is 18.9. The molecule has 0 spiro atoms. The molecule has 3 atom stereocenters. The zero-order valence-corrected chi connectivity index (χ0v) is 18.9. The van der Waals surface area contributed by atoms with Gasteiger partial charge in [0.15, 0.2) is 11.6 Å². The van der Waals surface area contributed by atoms with Crippen LogP contribution in [-0.4, -0.2) is 54.4 Å². The lowest BCUT2D eigenvalue weighted by atomic mass is 9.92. The quantitative estimate of drug-likeness (QED) is 0.676. The summed E-state index contributed by atoms with van der Waals surface area (Å²) in [6.07, 6.45) is 3.00. The van der Waals surface area contributed by atoms with E-state index in [9.17, 15) is 9.59 Å². The standard InChI is InChI=1S/C25H32N4O3/c1-18-14-19(2)16-28(15-18)13-7-12-26-22(30)17-29-24-21(10-6-11-27-24)32-23(25(29)31)20-8-4-3-5-9-20/h3-6,8-11,18-19,23H,7,12-17H2,1-2H3,(H,26,30). The summed E-state index contributed by atoms with van der Waals surface area (Å²) in [4.78, 5) is 34.1. The molecule has 1 saturated heterocycles. The molecule has 1 aromatic carbocycles. The number of aromatic nitrogens is 1. The van der Waals surface area contributed by atoms with Crippen LogP contribution >= 0.6 is 0 Å². The first-order chi connectivity index (χ1) is 15.5. The van der Waals surface area contributed by atoms with E-state index in [1.165, 1.54) is 11.3 Å². The highest BCUT2D eigenvalue weighted by Crippen LogP contribution is 2.36. The first-order valence-electron chi connectivity index (χ1n) is 11.5. The van der Waals surface area contributed by atoms with Crippen LogP contribution in [0.4, 0.5) is 5.82 Å². The Bertz CT molecular complexity index is 926. The van der Waals surface area contributed by atoms with Gasteiger partial charge in [-0.25, -0.2) is 4.98 Å². The molecule has 3 unspecified atom stereocenters. The third-order valence-corrected chi connectivity index (χ3v) is 6.06. The topological polar surface area (TPSA) is 74.8 Å². The van der Waals surface area contributed by atoms with Crippen LogP contribution in [0.3, 0.4) is 0 Å². The Morgan fingerprint density at radius 1 is 1.12 bits per heavy atom. The van der Waals surface area contributed by atoms with Gasteiger partial charge in [0.05, 0.1) is 0 Å². The van der Waals surface area contributed by atoms with Crippen molar-refractivity contribution >= 4 is 17.6 Å². The number of hydrogen-bond acceptors (Lipinski definition) is 5. The van der Waals surface area contributed by atoms with Crippen molar-refractivity contribution < 1.29 is 14.3 Å². The Balaban J connectivity index is 1.34. The van der Waals surface area contributed by atoms with E-state index in [-0.39, 0.29) is 18.4 Å². The second-order valence-electron chi connectivity index (χ2n) is 9.07. The predicted octanol–water partition coefficient (Wildman–Crippen LogP) is 3.03. The SMILES string of the molecule is CC1CC(C)CN(CCCNC(=O)CN2C(=O)C(c3ccccc3)Oc3cccnc32)C1. The molecule has 170 valence electrons. The van der Waals surface area contributed by atoms with Crippen molar-refractivity contribution in [1.82, 2.24) is 15.2 Å². The number of pyridine rings is 1. The second kappa shape index (κ2) is 10.1. The van der Waals surface area contributed by atoms with Crippen molar-refractivity contribution in [2.24, 2.45) is 11.8 Å². The molecule has 1 fully saturated rings. The molecule has 7 heteroatoms. The number of nitrogens with one attached hydrogen (secondary N) is 1. The number of likely N-dealkylation sites (tertiary alicyclic amines) is 1. The zero-order chi connectivity index (χ0) is 22.5. The highest BCUT2D eigenvalue weighted by molar-refractivity contribution is 6.03. The van der Waals surface area contributed by atoms with E-state index in [1.807, 2.05) is 30.3 Å². The lowest BCUT2D eigenvalue weighted by Gasteiger charge is -2.35. The van der Waals surface area contributed by atoms with Gasteiger partial charge in [0, 0.05) is 31.4 Å². The first kappa shape index (κ1) is 22.3. The van der Waals surface area contributed by atoms with Crippen LogP contribution in [0.2, 0.25) is 0 Å². The van der Waals surface area contributed by atoms with Crippen molar-refractivity contribution in [2.75, 3.05) is 37.6 Å². The van der Waals surface area contributed by atoms with E-state index in [2.05, 4.69) is 29.0 Å². The molecule has 7 nitrogen and oxygen atoms in total. The van der Waals surface area contributed by atoms with Crippen LogP contribution in [0.1, 0.15) is 38.4 Å². The van der Waals surface area contributed by atoms with Gasteiger partial charge in [-0.2, -0.15) is 0 Å². The molecule has 0 bridgehead atoms. The van der Waals surface area contributed by atoms with Crippen LogP contribution in [0.5, 0.6) is 5.75 Å². The fraction of sp³-hybridized carbons (Fsp3) is 0.480. The third kappa shape index (κ3) is 5.27. The van der Waals surface area contributed by atoms with Gasteiger partial charge < -0.3 is 15.0 Å². The molecule has 3 heterocycles. The minimum Gasteiger partial charge on any atom is -0.472 e. The summed E-state index contributed by atoms with van der Waals surface area (Å²) in [6, 6.07) is 12.9. The summed E-state index contributed by atoms with van der Waals surface area (Å²) < 4.78 is 5.93. The fourth-order valence-electron chi connectivity index (χ4n) is 4.80. The van der Waals surface area contributed by atoms with Crippen molar-refractivity contribution in [3.8, 4) is 5.75 Å². The summed E-state index contributed by atoms with van der Waals surface area (Å²) in [6.45, 7) is 8.36. The predicted molar refractivity (Wildman–Crippen MR) is 123 cm³/mol. The number of rotatable bonds is 7. The average Bonchev–Trinajstić information content (AvgIpc) is 2.78. The third-order valence-electron chi connectivity index (χ3n) is 6.06. The van der Waals surface area contributed by atoms with Gasteiger partial charge in [-0.1, -0.05) is 44.2 Å². The number of carbonyl (C=O) groups excluding carboxylic acids is 2. The molecule has 2 aliphatic heterocycles. The number of carbonyl (C=O) groups is 2. The van der Waals surface area contributed by atoms with Crippen LogP contribution in [0, 0.1) is 11.8 Å². The van der Waals surface area contributed by atoms with Gasteiger partial charge in [-0.3, -0.25) is 14.5 Å². The van der Waals surface area contributed by atoms with Crippen LogP contribution < -0.4 is 15.0 Å². The molecule has 2 amide bonds. The van der Waals surface area contributed by atoms with Crippen molar-refractivity contribution in [3.05, 3.63) is 54.2 Å². The highest BCUT2D eigenvalue weighted by atomic mass is 16.5. The summed E-state index contributed by atoms with van der Waals surface area (Å²) in [5.41, 5.74) is 0.752. The molecular weight excluding hydrogens is 404 g/mol. The summed E-state index contributed by atoms with van der Waals surface area (Å²) in [5, 5.41) is 2.97. The molecule has 1 aromatic heterocycles. The van der Waals surface area contributed by atoms with E-state index >= 15 is 0 Å². The highest BCUT2D eigenvalue weighted by Gasteiger charge is 2.37. The van der Waals surface area contributed by atoms with Crippen LogP contribution in [-0.2, 0) is 9.59 Å². The van der Waals surface area contributed by atoms with Crippen molar-refractivity contribution in [2.45, 2.75) is 32.8 Å². The number of amides is 2. The molecule has 2 aromatic rings. The van der Waals surface area contributed by atoms with Gasteiger partial charge in [0.25, 0.3) is 5.91 Å². The van der Waals surface area contributed by atoms with E-state index < -0.39 is 6.10 Å². The maximum Gasteiger partial charge on any atom is 0.274 e. The van der Waals surface area contributed by atoms with E-state index in [0.717, 1.165) is 43.5 Å². The smallest absolute Gasteiger partial charge is 0.274 e. The van der Waals surface area contributed by atoms with E-state index in [4.69, 9.17) is 4.74 Å². The maximum atomic E-state index is 13.2. The molecule has 2 aliphatic rings. The molecule has 4 rings (SSSR count). The summed E-state index contributed by atoms with van der Waals surface area (Å²) in [5.74, 6) is 1.87. The lowest BCUT2D eigenvalue weighted by molar-refractivity contribution is -0.129. The summed E-state index contributed by atoms with van der Waals surface area (Å²) in [7, 11) is 0. The molecule has 32 heavy (non-hydrogen) atoms. The summed E-state index contributed by atoms with van der Waals surface area (Å²) >= 11 is 0. The Morgan fingerprint density at radius 3 is 2.62 bits per heavy atom. The Labute approximate surface area is 189 Å². The largest absolute Gasteiger partial charge is 0.472 e. The van der Waals surface area contributed by atoms with E-state index in [1.54, 1.807) is 18.3 Å². The monoisotopic (exact) mass is 436 g/mol. The van der Waals surface area contributed by atoms with Gasteiger partial charge >= 0.3 is 0 Å². The number of anilines is 1. The Kier molecular flexibility index (Phi) is 7.05. The molecule has 0 saturated carbocycles. The normalized spacial score (nSPS) is 23.4. The minimum absolute atomic E-state index is 0.0761.